The Bertz CT molecular complexity index is 536. The van der Waals surface area contributed by atoms with Crippen LogP contribution in [-0.4, -0.2) is 25.9 Å². The van der Waals surface area contributed by atoms with Crippen LogP contribution in [0.25, 0.3) is 0 Å². The molecule has 1 fully saturated rings. The molecule has 0 saturated carbocycles. The Balaban J connectivity index is 1.88. The summed E-state index contributed by atoms with van der Waals surface area (Å²) in [7, 11) is -2.93. The third-order valence-electron chi connectivity index (χ3n) is 2.83. The molecule has 1 aromatic carbocycles. The number of ether oxygens (including phenoxy) is 1. The molecule has 1 heterocycles. The molecule has 0 aromatic heterocycles. The molecule has 4 nitrogen and oxygen atoms in total. The van der Waals surface area contributed by atoms with Gasteiger partial charge < -0.3 is 4.74 Å². The van der Waals surface area contributed by atoms with Crippen LogP contribution in [0.5, 0.6) is 5.75 Å². The Morgan fingerprint density at radius 2 is 2.00 bits per heavy atom. The average Bonchev–Trinajstić information content (AvgIpc) is 2.61. The molecule has 0 radical (unpaired) electrons. The summed E-state index contributed by atoms with van der Waals surface area (Å²) in [5, 5.41) is 0. The van der Waals surface area contributed by atoms with Crippen molar-refractivity contribution < 1.29 is 17.9 Å². The molecule has 0 aliphatic carbocycles. The monoisotopic (exact) mass is 332 g/mol. The zero-order chi connectivity index (χ0) is 13.2. The Kier molecular flexibility index (Phi) is 4.07. The Morgan fingerprint density at radius 3 is 2.56 bits per heavy atom. The first-order valence-corrected chi connectivity index (χ1v) is 8.23. The van der Waals surface area contributed by atoms with Crippen LogP contribution in [0.15, 0.2) is 28.7 Å². The maximum Gasteiger partial charge on any atom is 0.311 e. The van der Waals surface area contributed by atoms with Gasteiger partial charge in [0.1, 0.15) is 5.75 Å². The normalized spacial score (nSPS) is 21.7. The molecule has 18 heavy (non-hydrogen) atoms. The van der Waals surface area contributed by atoms with E-state index in [0.717, 1.165) is 4.47 Å². The first kappa shape index (κ1) is 13.5. The molecule has 2 rings (SSSR count). The summed E-state index contributed by atoms with van der Waals surface area (Å²) in [6.45, 7) is 0. The molecule has 98 valence electrons. The molecule has 1 aliphatic rings. The van der Waals surface area contributed by atoms with Crippen molar-refractivity contribution in [1.29, 1.82) is 0 Å². The average molecular weight is 333 g/mol. The molecule has 1 aliphatic heterocycles. The standard InChI is InChI=1S/C12H13BrO4S/c13-10-1-3-11(4-2-10)17-12(14)7-9-5-6-18(15,16)8-9/h1-4,9H,5-8H2/t9-/m1/s1. The Morgan fingerprint density at radius 1 is 1.33 bits per heavy atom. The third-order valence-corrected chi connectivity index (χ3v) is 5.19. The predicted molar refractivity (Wildman–Crippen MR) is 71.2 cm³/mol. The van der Waals surface area contributed by atoms with E-state index < -0.39 is 9.84 Å². The lowest BCUT2D eigenvalue weighted by Crippen LogP contribution is -2.15. The molecule has 1 aromatic rings. The summed E-state index contributed by atoms with van der Waals surface area (Å²) in [4.78, 5) is 11.6. The predicted octanol–water partition coefficient (Wildman–Crippen LogP) is 2.18. The highest BCUT2D eigenvalue weighted by Gasteiger charge is 2.29. The van der Waals surface area contributed by atoms with Crippen molar-refractivity contribution in [2.45, 2.75) is 12.8 Å². The Labute approximate surface area is 114 Å². The van der Waals surface area contributed by atoms with Crippen LogP contribution in [0.4, 0.5) is 0 Å². The van der Waals surface area contributed by atoms with E-state index >= 15 is 0 Å². The second-order valence-corrected chi connectivity index (χ2v) is 7.55. The van der Waals surface area contributed by atoms with E-state index in [9.17, 15) is 13.2 Å². The number of esters is 1. The molecule has 0 bridgehead atoms. The van der Waals surface area contributed by atoms with Crippen LogP contribution in [0, 0.1) is 5.92 Å². The van der Waals surface area contributed by atoms with E-state index in [2.05, 4.69) is 15.9 Å². The maximum absolute atomic E-state index is 11.6. The number of carbonyl (C=O) groups excluding carboxylic acids is 1. The number of hydrogen-bond acceptors (Lipinski definition) is 4. The topological polar surface area (TPSA) is 60.4 Å². The lowest BCUT2D eigenvalue weighted by molar-refractivity contribution is -0.135. The van der Waals surface area contributed by atoms with Crippen molar-refractivity contribution in [2.75, 3.05) is 11.5 Å². The summed E-state index contributed by atoms with van der Waals surface area (Å²) in [6.07, 6.45) is 0.715. The van der Waals surface area contributed by atoms with Crippen LogP contribution in [0.3, 0.4) is 0 Å². The van der Waals surface area contributed by atoms with E-state index in [-0.39, 0.29) is 29.8 Å². The van der Waals surface area contributed by atoms with Crippen LogP contribution in [0.1, 0.15) is 12.8 Å². The van der Waals surface area contributed by atoms with Gasteiger partial charge in [-0.25, -0.2) is 8.42 Å². The van der Waals surface area contributed by atoms with Crippen molar-refractivity contribution in [2.24, 2.45) is 5.92 Å². The molecule has 1 saturated heterocycles. The molecule has 0 amide bonds. The summed E-state index contributed by atoms with van der Waals surface area (Å²) < 4.78 is 28.6. The SMILES string of the molecule is O=C(C[C@H]1CCS(=O)(=O)C1)Oc1ccc(Br)cc1. The second-order valence-electron chi connectivity index (χ2n) is 4.40. The molecule has 0 spiro atoms. The number of halogens is 1. The highest BCUT2D eigenvalue weighted by molar-refractivity contribution is 9.10. The third kappa shape index (κ3) is 3.81. The van der Waals surface area contributed by atoms with Crippen LogP contribution in [0.2, 0.25) is 0 Å². The van der Waals surface area contributed by atoms with Gasteiger partial charge in [0, 0.05) is 10.9 Å². The van der Waals surface area contributed by atoms with E-state index in [1.165, 1.54) is 0 Å². The first-order chi connectivity index (χ1) is 8.44. The quantitative estimate of drug-likeness (QED) is 0.628. The summed E-state index contributed by atoms with van der Waals surface area (Å²) in [5.74, 6) is 0.285. The molecule has 6 heteroatoms. The molecule has 0 N–H and O–H groups in total. The van der Waals surface area contributed by atoms with Crippen molar-refractivity contribution in [3.05, 3.63) is 28.7 Å². The van der Waals surface area contributed by atoms with Crippen LogP contribution in [-0.2, 0) is 14.6 Å². The fourth-order valence-electron chi connectivity index (χ4n) is 1.94. The zero-order valence-electron chi connectivity index (χ0n) is 9.63. The van der Waals surface area contributed by atoms with Gasteiger partial charge in [0.2, 0.25) is 0 Å². The molecular formula is C12H13BrO4S. The fraction of sp³-hybridized carbons (Fsp3) is 0.417. The van der Waals surface area contributed by atoms with Gasteiger partial charge in [-0.05, 0) is 36.6 Å². The van der Waals surface area contributed by atoms with Gasteiger partial charge in [-0.3, -0.25) is 4.79 Å². The first-order valence-electron chi connectivity index (χ1n) is 5.61. The van der Waals surface area contributed by atoms with E-state index in [0.29, 0.717) is 12.2 Å². The smallest absolute Gasteiger partial charge is 0.311 e. The number of rotatable bonds is 3. The van der Waals surface area contributed by atoms with Crippen molar-refractivity contribution >= 4 is 31.7 Å². The van der Waals surface area contributed by atoms with Crippen molar-refractivity contribution in [1.82, 2.24) is 0 Å². The lowest BCUT2D eigenvalue weighted by Gasteiger charge is -2.07. The molecule has 1 atom stereocenters. The van der Waals surface area contributed by atoms with E-state index in [4.69, 9.17) is 4.74 Å². The molecular weight excluding hydrogens is 320 g/mol. The maximum atomic E-state index is 11.6. The highest BCUT2D eigenvalue weighted by Crippen LogP contribution is 2.23. The summed E-state index contributed by atoms with van der Waals surface area (Å²) in [6, 6.07) is 6.94. The van der Waals surface area contributed by atoms with Crippen LogP contribution >= 0.6 is 15.9 Å². The minimum atomic E-state index is -2.93. The lowest BCUT2D eigenvalue weighted by atomic mass is 10.1. The Hall–Kier alpha value is -0.880. The van der Waals surface area contributed by atoms with E-state index in [1.54, 1.807) is 24.3 Å². The number of carbonyl (C=O) groups is 1. The minimum absolute atomic E-state index is 0.0991. The van der Waals surface area contributed by atoms with Gasteiger partial charge in [-0.15, -0.1) is 0 Å². The second kappa shape index (κ2) is 5.40. The van der Waals surface area contributed by atoms with Crippen LogP contribution < -0.4 is 4.74 Å². The van der Waals surface area contributed by atoms with Crippen molar-refractivity contribution in [3.8, 4) is 5.75 Å². The van der Waals surface area contributed by atoms with Crippen molar-refractivity contribution in [3.63, 3.8) is 0 Å². The highest BCUT2D eigenvalue weighted by atomic mass is 79.9. The van der Waals surface area contributed by atoms with Gasteiger partial charge in [-0.1, -0.05) is 15.9 Å². The van der Waals surface area contributed by atoms with Gasteiger partial charge in [-0.2, -0.15) is 0 Å². The zero-order valence-corrected chi connectivity index (χ0v) is 12.0. The molecule has 0 unspecified atom stereocenters. The largest absolute Gasteiger partial charge is 0.427 e. The fourth-order valence-corrected chi connectivity index (χ4v) is 4.07. The van der Waals surface area contributed by atoms with Gasteiger partial charge in [0.15, 0.2) is 9.84 Å². The number of benzene rings is 1. The number of sulfone groups is 1. The summed E-state index contributed by atoms with van der Waals surface area (Å²) >= 11 is 3.29. The minimum Gasteiger partial charge on any atom is -0.427 e. The van der Waals surface area contributed by atoms with Gasteiger partial charge >= 0.3 is 5.97 Å². The summed E-state index contributed by atoms with van der Waals surface area (Å²) in [5.41, 5.74) is 0. The van der Waals surface area contributed by atoms with Gasteiger partial charge in [0.25, 0.3) is 0 Å². The van der Waals surface area contributed by atoms with Gasteiger partial charge in [0.05, 0.1) is 11.5 Å². The van der Waals surface area contributed by atoms with E-state index in [1.807, 2.05) is 0 Å². The number of hydrogen-bond donors (Lipinski definition) is 0.